The van der Waals surface area contributed by atoms with E-state index in [1.807, 2.05) is 32.9 Å². The lowest BCUT2D eigenvalue weighted by atomic mass is 9.98. The molecule has 1 N–H and O–H groups in total. The van der Waals surface area contributed by atoms with Gasteiger partial charge in [-0.1, -0.05) is 23.7 Å². The third kappa shape index (κ3) is 3.56. The third-order valence-electron chi connectivity index (χ3n) is 5.60. The van der Waals surface area contributed by atoms with E-state index in [2.05, 4.69) is 0 Å². The van der Waals surface area contributed by atoms with Crippen LogP contribution >= 0.6 is 11.6 Å². The lowest BCUT2D eigenvalue weighted by Gasteiger charge is -2.25. The van der Waals surface area contributed by atoms with Gasteiger partial charge in [0.2, 0.25) is 0 Å². The molecule has 1 amide bonds. The molecule has 1 aliphatic heterocycles. The number of halogens is 1. The molecule has 2 aromatic carbocycles. The van der Waals surface area contributed by atoms with Crippen LogP contribution in [0, 0.1) is 13.8 Å². The molecule has 0 bridgehead atoms. The van der Waals surface area contributed by atoms with Crippen LogP contribution in [-0.4, -0.2) is 23.4 Å². The number of hydrogen-bond donors (Lipinski definition) is 1. The van der Waals surface area contributed by atoms with Gasteiger partial charge in [-0.25, -0.2) is 0 Å². The molecule has 6 nitrogen and oxygen atoms in total. The van der Waals surface area contributed by atoms with E-state index in [1.165, 1.54) is 11.2 Å². The lowest BCUT2D eigenvalue weighted by Crippen LogP contribution is -2.30. The highest BCUT2D eigenvalue weighted by Crippen LogP contribution is 2.44. The second kappa shape index (κ2) is 8.55. The van der Waals surface area contributed by atoms with Crippen molar-refractivity contribution in [3.8, 4) is 5.75 Å². The van der Waals surface area contributed by atoms with Crippen molar-refractivity contribution in [2.45, 2.75) is 26.8 Å². The van der Waals surface area contributed by atoms with Gasteiger partial charge in [-0.2, -0.15) is 0 Å². The van der Waals surface area contributed by atoms with E-state index in [-0.39, 0.29) is 11.3 Å². The Morgan fingerprint density at radius 2 is 1.94 bits per heavy atom. The molecular weight excluding hydrogens is 430 g/mol. The van der Waals surface area contributed by atoms with E-state index >= 15 is 0 Å². The number of hydrogen-bond acceptors (Lipinski definition) is 5. The molecule has 0 spiro atoms. The van der Waals surface area contributed by atoms with Crippen LogP contribution in [0.3, 0.4) is 0 Å². The molecule has 1 aromatic heterocycles. The highest BCUT2D eigenvalue weighted by molar-refractivity contribution is 6.51. The number of carbonyl (C=O) groups is 2. The summed E-state index contributed by atoms with van der Waals surface area (Å²) in [6.45, 7) is 6.01. The van der Waals surface area contributed by atoms with Crippen molar-refractivity contribution in [2.24, 2.45) is 0 Å². The lowest BCUT2D eigenvalue weighted by molar-refractivity contribution is -0.132. The molecule has 4 rings (SSSR count). The zero-order valence-electron chi connectivity index (χ0n) is 17.9. The van der Waals surface area contributed by atoms with E-state index in [0.717, 1.165) is 11.1 Å². The van der Waals surface area contributed by atoms with Crippen molar-refractivity contribution in [3.63, 3.8) is 0 Å². The minimum Gasteiger partial charge on any atom is -0.507 e. The maximum absolute atomic E-state index is 13.2. The summed E-state index contributed by atoms with van der Waals surface area (Å²) >= 11 is 6.17. The van der Waals surface area contributed by atoms with Gasteiger partial charge in [0.25, 0.3) is 11.7 Å². The molecule has 0 aliphatic carbocycles. The largest absolute Gasteiger partial charge is 0.507 e. The van der Waals surface area contributed by atoms with Crippen molar-refractivity contribution >= 4 is 34.7 Å². The molecule has 2 heterocycles. The number of anilines is 1. The smallest absolute Gasteiger partial charge is 0.300 e. The molecule has 1 aliphatic rings. The highest BCUT2D eigenvalue weighted by Gasteiger charge is 2.48. The predicted molar refractivity (Wildman–Crippen MR) is 122 cm³/mol. The maximum Gasteiger partial charge on any atom is 0.300 e. The van der Waals surface area contributed by atoms with Gasteiger partial charge in [-0.3, -0.25) is 14.5 Å². The molecule has 32 heavy (non-hydrogen) atoms. The average molecular weight is 452 g/mol. The van der Waals surface area contributed by atoms with Crippen molar-refractivity contribution in [1.29, 1.82) is 0 Å². The Morgan fingerprint density at radius 1 is 1.16 bits per heavy atom. The van der Waals surface area contributed by atoms with Crippen molar-refractivity contribution in [2.75, 3.05) is 11.5 Å². The number of ketones is 1. The Labute approximate surface area is 190 Å². The molecule has 164 valence electrons. The number of Topliss-reactive ketones (excluding diaryl/α,β-unsaturated/α-hetero) is 1. The van der Waals surface area contributed by atoms with Gasteiger partial charge >= 0.3 is 0 Å². The fourth-order valence-corrected chi connectivity index (χ4v) is 4.04. The van der Waals surface area contributed by atoms with Crippen molar-refractivity contribution in [1.82, 2.24) is 0 Å². The monoisotopic (exact) mass is 451 g/mol. The highest BCUT2D eigenvalue weighted by atomic mass is 35.5. The van der Waals surface area contributed by atoms with Crippen LogP contribution in [0.2, 0.25) is 5.02 Å². The summed E-state index contributed by atoms with van der Waals surface area (Å²) in [5.41, 5.74) is 2.67. The summed E-state index contributed by atoms with van der Waals surface area (Å²) in [6.07, 6.45) is 1.47. The van der Waals surface area contributed by atoms with Gasteiger partial charge in [0.1, 0.15) is 23.3 Å². The van der Waals surface area contributed by atoms with Crippen LogP contribution in [0.25, 0.3) is 5.76 Å². The Morgan fingerprint density at radius 3 is 2.62 bits per heavy atom. The average Bonchev–Trinajstić information content (AvgIpc) is 3.39. The SMILES string of the molecule is CCOc1cc(/C(O)=C2/C(=O)C(=O)N(c3cccc(C)c3C)C2c2ccco2)ccc1Cl. The zero-order valence-corrected chi connectivity index (χ0v) is 18.6. The number of aryl methyl sites for hydroxylation is 1. The van der Waals surface area contributed by atoms with E-state index in [0.29, 0.717) is 34.4 Å². The Balaban J connectivity index is 1.93. The predicted octanol–water partition coefficient (Wildman–Crippen LogP) is 5.57. The minimum atomic E-state index is -0.920. The van der Waals surface area contributed by atoms with Crippen LogP contribution in [-0.2, 0) is 9.59 Å². The summed E-state index contributed by atoms with van der Waals surface area (Å²) in [5.74, 6) is -1.12. The first-order chi connectivity index (χ1) is 15.3. The molecule has 3 aromatic rings. The van der Waals surface area contributed by atoms with Crippen LogP contribution in [0.1, 0.15) is 35.4 Å². The second-order valence-corrected chi connectivity index (χ2v) is 7.89. The number of aliphatic hydroxyl groups excluding tert-OH is 1. The zero-order chi connectivity index (χ0) is 23.0. The summed E-state index contributed by atoms with van der Waals surface area (Å²) in [5, 5.41) is 11.6. The molecule has 1 saturated heterocycles. The molecular formula is C25H22ClNO5. The minimum absolute atomic E-state index is 0.0596. The van der Waals surface area contributed by atoms with Gasteiger partial charge in [-0.15, -0.1) is 0 Å². The summed E-state index contributed by atoms with van der Waals surface area (Å²) in [4.78, 5) is 27.7. The number of carbonyl (C=O) groups excluding carboxylic acids is 2. The Bertz CT molecular complexity index is 1230. The topological polar surface area (TPSA) is 80.0 Å². The molecule has 1 atom stereocenters. The van der Waals surface area contributed by atoms with Crippen LogP contribution in [0.15, 0.2) is 64.8 Å². The summed E-state index contributed by atoms with van der Waals surface area (Å²) in [7, 11) is 0. The van der Waals surface area contributed by atoms with Crippen molar-refractivity contribution < 1.29 is 23.8 Å². The summed E-state index contributed by atoms with van der Waals surface area (Å²) in [6, 6.07) is 12.7. The molecule has 7 heteroatoms. The van der Waals surface area contributed by atoms with Gasteiger partial charge in [0.05, 0.1) is 23.5 Å². The fourth-order valence-electron chi connectivity index (χ4n) is 3.87. The van der Waals surface area contributed by atoms with E-state index < -0.39 is 17.7 Å². The second-order valence-electron chi connectivity index (χ2n) is 7.48. The number of amides is 1. The quantitative estimate of drug-likeness (QED) is 0.311. The van der Waals surface area contributed by atoms with Crippen LogP contribution in [0.4, 0.5) is 5.69 Å². The Kier molecular flexibility index (Phi) is 5.80. The van der Waals surface area contributed by atoms with E-state index in [1.54, 1.807) is 36.4 Å². The first-order valence-electron chi connectivity index (χ1n) is 10.2. The van der Waals surface area contributed by atoms with E-state index in [4.69, 9.17) is 20.8 Å². The molecule has 0 saturated carbocycles. The number of aliphatic hydroxyl groups is 1. The van der Waals surface area contributed by atoms with Crippen LogP contribution < -0.4 is 9.64 Å². The first kappa shape index (κ1) is 21.7. The summed E-state index contributed by atoms with van der Waals surface area (Å²) < 4.78 is 11.1. The fraction of sp³-hybridized carbons (Fsp3) is 0.200. The maximum atomic E-state index is 13.2. The third-order valence-corrected chi connectivity index (χ3v) is 5.91. The Hall–Kier alpha value is -3.51. The van der Waals surface area contributed by atoms with Crippen molar-refractivity contribution in [3.05, 3.63) is 87.8 Å². The number of furan rings is 1. The molecule has 1 unspecified atom stereocenters. The van der Waals surface area contributed by atoms with Gasteiger partial charge in [0.15, 0.2) is 0 Å². The normalized spacial score (nSPS) is 17.8. The standard InChI is InChI=1S/C25H22ClNO5/c1-4-31-20-13-16(10-11-17(20)26)23(28)21-22(19-9-6-12-32-19)27(25(30)24(21)29)18-8-5-7-14(2)15(18)3/h5-13,22,28H,4H2,1-3H3/b23-21-. The number of ether oxygens (including phenoxy) is 1. The first-order valence-corrected chi connectivity index (χ1v) is 10.6. The number of benzene rings is 2. The number of nitrogens with zero attached hydrogens (tertiary/aromatic N) is 1. The number of rotatable bonds is 5. The van der Waals surface area contributed by atoms with Gasteiger partial charge in [-0.05, 0) is 68.3 Å². The van der Waals surface area contributed by atoms with Crippen LogP contribution in [0.5, 0.6) is 5.75 Å². The molecule has 0 radical (unpaired) electrons. The van der Waals surface area contributed by atoms with E-state index in [9.17, 15) is 14.7 Å². The van der Waals surface area contributed by atoms with Gasteiger partial charge in [0, 0.05) is 11.3 Å². The van der Waals surface area contributed by atoms with Gasteiger partial charge < -0.3 is 14.3 Å². The molecule has 1 fully saturated rings.